The van der Waals surface area contributed by atoms with Gasteiger partial charge in [-0.1, -0.05) is 0 Å². The smallest absolute Gasteiger partial charge is 0.129 e. The molecule has 1 aromatic carbocycles. The number of hydrogen-bond acceptors (Lipinski definition) is 1. The van der Waals surface area contributed by atoms with E-state index in [4.69, 9.17) is 4.74 Å². The lowest BCUT2D eigenvalue weighted by molar-refractivity contribution is 0.419. The van der Waals surface area contributed by atoms with Crippen molar-refractivity contribution in [3.63, 3.8) is 0 Å². The number of methoxy groups -OCH3 is 1. The van der Waals surface area contributed by atoms with E-state index in [1.807, 2.05) is 6.07 Å². The van der Waals surface area contributed by atoms with Gasteiger partial charge >= 0.3 is 0 Å². The summed E-state index contributed by atoms with van der Waals surface area (Å²) in [5, 5.41) is 1.24. The molecule has 15 heavy (non-hydrogen) atoms. The van der Waals surface area contributed by atoms with E-state index in [0.717, 1.165) is 5.75 Å². The first-order chi connectivity index (χ1) is 7.31. The first-order valence-electron chi connectivity index (χ1n) is 5.36. The highest BCUT2D eigenvalue weighted by Crippen LogP contribution is 2.40. The fraction of sp³-hybridized carbons (Fsp3) is 0.385. The number of aryl methyl sites for hydroxylation is 1. The molecule has 1 aliphatic carbocycles. The molecule has 0 amide bonds. The summed E-state index contributed by atoms with van der Waals surface area (Å²) in [6, 6.07) is 7.82. The number of aromatic nitrogens is 1. The molecule has 77 valence electrons. The molecule has 0 spiro atoms. The molecule has 0 N–H and O–H groups in total. The van der Waals surface area contributed by atoms with Crippen molar-refractivity contribution < 1.29 is 4.74 Å². The number of benzene rings is 1. The Bertz CT molecular complexity index is 508. The summed E-state index contributed by atoms with van der Waals surface area (Å²) in [5.74, 6) is 0.935. The van der Waals surface area contributed by atoms with E-state index in [1.165, 1.54) is 29.3 Å². The van der Waals surface area contributed by atoms with Crippen LogP contribution >= 0.6 is 0 Å². The number of fused-ring (bicyclic) bond motifs is 1. The second kappa shape index (κ2) is 3.02. The number of rotatable bonds is 2. The van der Waals surface area contributed by atoms with Gasteiger partial charge in [0.25, 0.3) is 0 Å². The van der Waals surface area contributed by atoms with Crippen molar-refractivity contribution in [1.82, 2.24) is 4.57 Å². The van der Waals surface area contributed by atoms with Crippen molar-refractivity contribution in [3.05, 3.63) is 30.0 Å². The van der Waals surface area contributed by atoms with Crippen molar-refractivity contribution in [3.8, 4) is 5.75 Å². The first-order valence-corrected chi connectivity index (χ1v) is 5.36. The molecule has 1 heterocycles. The number of nitrogens with zero attached hydrogens (tertiary/aromatic N) is 1. The van der Waals surface area contributed by atoms with E-state index < -0.39 is 0 Å². The molecule has 3 rings (SSSR count). The first kappa shape index (κ1) is 8.84. The number of hydrogen-bond donors (Lipinski definition) is 0. The van der Waals surface area contributed by atoms with E-state index in [2.05, 4.69) is 29.8 Å². The maximum absolute atomic E-state index is 5.38. The van der Waals surface area contributed by atoms with Gasteiger partial charge in [0.05, 0.1) is 12.6 Å². The average Bonchev–Trinajstić information content (AvgIpc) is 3.04. The van der Waals surface area contributed by atoms with E-state index in [1.54, 1.807) is 7.11 Å². The topological polar surface area (TPSA) is 14.2 Å². The SMILES string of the molecule is COc1c[c]cc2c1c(C)cn2C1CC1. The standard InChI is InChI=1S/C13H14NO/c1-9-8-14(10-6-7-10)11-4-3-5-12(15-2)13(9)11/h4-5,8,10H,6-7H2,1-2H3. The molecule has 1 aromatic heterocycles. The summed E-state index contributed by atoms with van der Waals surface area (Å²) in [6.07, 6.45) is 4.85. The minimum atomic E-state index is 0.710. The lowest BCUT2D eigenvalue weighted by atomic mass is 10.2. The Morgan fingerprint density at radius 1 is 1.40 bits per heavy atom. The van der Waals surface area contributed by atoms with Crippen LogP contribution in [-0.2, 0) is 0 Å². The maximum Gasteiger partial charge on any atom is 0.129 e. The van der Waals surface area contributed by atoms with Gasteiger partial charge in [-0.15, -0.1) is 0 Å². The van der Waals surface area contributed by atoms with Crippen LogP contribution in [0, 0.1) is 13.0 Å². The molecule has 2 heteroatoms. The molecule has 0 atom stereocenters. The fourth-order valence-corrected chi connectivity index (χ4v) is 2.23. The van der Waals surface area contributed by atoms with Crippen LogP contribution in [0.3, 0.4) is 0 Å². The Morgan fingerprint density at radius 3 is 2.87 bits per heavy atom. The molecule has 0 unspecified atom stereocenters. The molecular formula is C13H14NO. The Labute approximate surface area is 89.5 Å². The average molecular weight is 200 g/mol. The van der Waals surface area contributed by atoms with Crippen LogP contribution in [0.1, 0.15) is 24.4 Å². The molecule has 1 fully saturated rings. The quantitative estimate of drug-likeness (QED) is 0.726. The molecular weight excluding hydrogens is 186 g/mol. The van der Waals surface area contributed by atoms with Gasteiger partial charge in [0, 0.05) is 17.6 Å². The summed E-state index contributed by atoms with van der Waals surface area (Å²) in [4.78, 5) is 0. The Kier molecular flexibility index (Phi) is 1.78. The van der Waals surface area contributed by atoms with Gasteiger partial charge in [-0.05, 0) is 43.5 Å². The van der Waals surface area contributed by atoms with E-state index in [9.17, 15) is 0 Å². The normalized spacial score (nSPS) is 15.9. The lowest BCUT2D eigenvalue weighted by Crippen LogP contribution is -1.90. The van der Waals surface area contributed by atoms with Crippen molar-refractivity contribution in [1.29, 1.82) is 0 Å². The van der Waals surface area contributed by atoms with Crippen LogP contribution in [0.5, 0.6) is 5.75 Å². The zero-order valence-electron chi connectivity index (χ0n) is 9.08. The van der Waals surface area contributed by atoms with Crippen LogP contribution in [0.4, 0.5) is 0 Å². The lowest BCUT2D eigenvalue weighted by Gasteiger charge is -2.04. The third-order valence-corrected chi connectivity index (χ3v) is 3.10. The number of ether oxygens (including phenoxy) is 1. The third-order valence-electron chi connectivity index (χ3n) is 3.10. The van der Waals surface area contributed by atoms with Crippen LogP contribution in [0.25, 0.3) is 10.9 Å². The summed E-state index contributed by atoms with van der Waals surface area (Å²) in [5.41, 5.74) is 2.55. The molecule has 0 bridgehead atoms. The van der Waals surface area contributed by atoms with Gasteiger partial charge in [-0.25, -0.2) is 0 Å². The predicted octanol–water partition coefficient (Wildman–Crippen LogP) is 3.09. The van der Waals surface area contributed by atoms with E-state index in [0.29, 0.717) is 6.04 Å². The Morgan fingerprint density at radius 2 is 2.20 bits per heavy atom. The minimum Gasteiger partial charge on any atom is -0.496 e. The zero-order valence-corrected chi connectivity index (χ0v) is 9.08. The Balaban J connectivity index is 2.32. The monoisotopic (exact) mass is 200 g/mol. The predicted molar refractivity (Wildman–Crippen MR) is 60.3 cm³/mol. The van der Waals surface area contributed by atoms with Crippen molar-refractivity contribution in [2.24, 2.45) is 0 Å². The highest BCUT2D eigenvalue weighted by atomic mass is 16.5. The molecule has 1 aliphatic rings. The van der Waals surface area contributed by atoms with Gasteiger partial charge < -0.3 is 9.30 Å². The van der Waals surface area contributed by atoms with Crippen molar-refractivity contribution in [2.45, 2.75) is 25.8 Å². The van der Waals surface area contributed by atoms with Crippen molar-refractivity contribution >= 4 is 10.9 Å². The largest absolute Gasteiger partial charge is 0.496 e. The van der Waals surface area contributed by atoms with Crippen molar-refractivity contribution in [2.75, 3.05) is 7.11 Å². The summed E-state index contributed by atoms with van der Waals surface area (Å²) in [7, 11) is 1.72. The molecule has 1 radical (unpaired) electrons. The minimum absolute atomic E-state index is 0.710. The third kappa shape index (κ3) is 1.24. The second-order valence-corrected chi connectivity index (χ2v) is 4.23. The van der Waals surface area contributed by atoms with E-state index in [-0.39, 0.29) is 0 Å². The van der Waals surface area contributed by atoms with Crippen LogP contribution in [-0.4, -0.2) is 11.7 Å². The molecule has 2 aromatic rings. The molecule has 0 aliphatic heterocycles. The molecule has 1 saturated carbocycles. The van der Waals surface area contributed by atoms with Gasteiger partial charge in [-0.2, -0.15) is 0 Å². The summed E-state index contributed by atoms with van der Waals surface area (Å²) >= 11 is 0. The highest BCUT2D eigenvalue weighted by molar-refractivity contribution is 5.89. The fourth-order valence-electron chi connectivity index (χ4n) is 2.23. The van der Waals surface area contributed by atoms with Crippen LogP contribution in [0.2, 0.25) is 0 Å². The van der Waals surface area contributed by atoms with Gasteiger partial charge in [-0.3, -0.25) is 0 Å². The molecule has 2 nitrogen and oxygen atoms in total. The Hall–Kier alpha value is -1.44. The summed E-state index contributed by atoms with van der Waals surface area (Å²) in [6.45, 7) is 2.14. The summed E-state index contributed by atoms with van der Waals surface area (Å²) < 4.78 is 7.74. The second-order valence-electron chi connectivity index (χ2n) is 4.23. The van der Waals surface area contributed by atoms with Crippen LogP contribution < -0.4 is 4.74 Å². The zero-order chi connectivity index (χ0) is 10.4. The van der Waals surface area contributed by atoms with Gasteiger partial charge in [0.2, 0.25) is 0 Å². The van der Waals surface area contributed by atoms with Crippen LogP contribution in [0.15, 0.2) is 18.3 Å². The molecule has 0 saturated heterocycles. The van der Waals surface area contributed by atoms with Gasteiger partial charge in [0.1, 0.15) is 5.75 Å². The maximum atomic E-state index is 5.38. The van der Waals surface area contributed by atoms with E-state index >= 15 is 0 Å². The van der Waals surface area contributed by atoms with Gasteiger partial charge in [0.15, 0.2) is 0 Å². The highest BCUT2D eigenvalue weighted by Gasteiger charge is 2.25.